The Balaban J connectivity index is 1.26. The summed E-state index contributed by atoms with van der Waals surface area (Å²) in [5.74, 6) is 0.633. The summed E-state index contributed by atoms with van der Waals surface area (Å²) in [5, 5.41) is 12.7. The number of aryl methyl sites for hydroxylation is 1. The van der Waals surface area contributed by atoms with Gasteiger partial charge in [0, 0.05) is 43.5 Å². The molecule has 9 heteroatoms. The number of carboxylic acids is 1. The summed E-state index contributed by atoms with van der Waals surface area (Å²) in [4.78, 5) is 27.0. The van der Waals surface area contributed by atoms with E-state index in [4.69, 9.17) is 9.47 Å². The van der Waals surface area contributed by atoms with E-state index in [0.29, 0.717) is 37.0 Å². The van der Waals surface area contributed by atoms with Crippen LogP contribution in [-0.2, 0) is 23.2 Å². The van der Waals surface area contributed by atoms with Crippen molar-refractivity contribution < 1.29 is 24.2 Å². The highest BCUT2D eigenvalue weighted by atomic mass is 32.1. The van der Waals surface area contributed by atoms with Crippen molar-refractivity contribution in [3.05, 3.63) is 64.5 Å². The summed E-state index contributed by atoms with van der Waals surface area (Å²) < 4.78 is 15.2. The van der Waals surface area contributed by atoms with Crippen molar-refractivity contribution in [1.82, 2.24) is 4.57 Å². The molecule has 1 saturated carbocycles. The zero-order chi connectivity index (χ0) is 31.5. The maximum absolute atomic E-state index is 12.5. The average molecular weight is 630 g/mol. The summed E-state index contributed by atoms with van der Waals surface area (Å²) in [7, 11) is 2.05. The van der Waals surface area contributed by atoms with Gasteiger partial charge in [-0.25, -0.2) is 4.79 Å². The summed E-state index contributed by atoms with van der Waals surface area (Å²) in [6.45, 7) is 7.44. The SMILES string of the molecule is CC(C)CC(=O)Nc1ccc(N2CCOCC2)c(COc2ccc(-c3c(C4CCCCC4)c4sc(C(=O)O)cc4n3C)cc2)c1. The van der Waals surface area contributed by atoms with Crippen LogP contribution in [0.1, 0.15) is 79.1 Å². The van der Waals surface area contributed by atoms with E-state index in [9.17, 15) is 14.7 Å². The minimum atomic E-state index is -0.867. The van der Waals surface area contributed by atoms with Crippen LogP contribution in [0.5, 0.6) is 5.75 Å². The van der Waals surface area contributed by atoms with Gasteiger partial charge in [-0.1, -0.05) is 33.1 Å². The maximum Gasteiger partial charge on any atom is 0.345 e. The van der Waals surface area contributed by atoms with Gasteiger partial charge in [0.2, 0.25) is 5.91 Å². The lowest BCUT2D eigenvalue weighted by atomic mass is 9.83. The first-order valence-corrected chi connectivity index (χ1v) is 16.9. The Morgan fingerprint density at radius 2 is 1.78 bits per heavy atom. The van der Waals surface area contributed by atoms with Gasteiger partial charge < -0.3 is 29.4 Å². The topological polar surface area (TPSA) is 93.0 Å². The molecule has 2 fully saturated rings. The van der Waals surface area contributed by atoms with Crippen LogP contribution in [0.15, 0.2) is 48.5 Å². The summed E-state index contributed by atoms with van der Waals surface area (Å²) in [5.41, 5.74) is 7.45. The molecule has 8 nitrogen and oxygen atoms in total. The molecule has 1 aliphatic heterocycles. The molecule has 3 heterocycles. The monoisotopic (exact) mass is 629 g/mol. The molecule has 2 N–H and O–H groups in total. The van der Waals surface area contributed by atoms with Crippen LogP contribution >= 0.6 is 11.3 Å². The average Bonchev–Trinajstić information content (AvgIpc) is 3.59. The molecule has 45 heavy (non-hydrogen) atoms. The Labute approximate surface area is 268 Å². The Morgan fingerprint density at radius 3 is 2.47 bits per heavy atom. The smallest absolute Gasteiger partial charge is 0.345 e. The number of carbonyl (C=O) groups excluding carboxylic acids is 1. The number of carboxylic acid groups (broad SMARTS) is 1. The van der Waals surface area contributed by atoms with Gasteiger partial charge in [-0.2, -0.15) is 0 Å². The minimum absolute atomic E-state index is 0.0129. The van der Waals surface area contributed by atoms with Crippen LogP contribution in [0, 0.1) is 5.92 Å². The molecule has 1 aliphatic carbocycles. The summed E-state index contributed by atoms with van der Waals surface area (Å²) in [6.07, 6.45) is 6.43. The van der Waals surface area contributed by atoms with Crippen molar-refractivity contribution in [2.75, 3.05) is 36.5 Å². The third kappa shape index (κ3) is 6.89. The van der Waals surface area contributed by atoms with Crippen LogP contribution in [-0.4, -0.2) is 47.9 Å². The molecule has 6 rings (SSSR count). The van der Waals surface area contributed by atoms with Gasteiger partial charge >= 0.3 is 5.97 Å². The van der Waals surface area contributed by atoms with E-state index in [-0.39, 0.29) is 11.8 Å². The van der Waals surface area contributed by atoms with E-state index in [1.54, 1.807) is 0 Å². The van der Waals surface area contributed by atoms with Crippen LogP contribution in [0.25, 0.3) is 21.5 Å². The van der Waals surface area contributed by atoms with Gasteiger partial charge in [-0.05, 0) is 84.3 Å². The molecule has 1 amide bonds. The quantitative estimate of drug-likeness (QED) is 0.184. The van der Waals surface area contributed by atoms with Crippen LogP contribution in [0.4, 0.5) is 11.4 Å². The number of nitrogens with zero attached hydrogens (tertiary/aromatic N) is 2. The molecule has 238 valence electrons. The fourth-order valence-electron chi connectivity index (χ4n) is 6.80. The van der Waals surface area contributed by atoms with E-state index in [2.05, 4.69) is 33.0 Å². The number of aromatic carboxylic acids is 1. The van der Waals surface area contributed by atoms with E-state index >= 15 is 0 Å². The van der Waals surface area contributed by atoms with Gasteiger partial charge in [0.15, 0.2) is 0 Å². The maximum atomic E-state index is 12.5. The molecule has 2 aromatic heterocycles. The summed E-state index contributed by atoms with van der Waals surface area (Å²) in [6, 6.07) is 16.2. The first kappa shape index (κ1) is 31.2. The molecule has 4 aromatic rings. The standard InChI is InChI=1S/C36H43N3O5S/c1-23(2)19-32(40)37-27-11-14-29(39-15-17-43-18-16-39)26(20-27)22-44-28-12-9-25(10-13-28)34-33(24-7-5-4-6-8-24)35-30(38(34)3)21-31(45-35)36(41)42/h9-14,20-21,23-24H,4-8,15-19,22H2,1-3H3,(H,37,40)(H,41,42). The lowest BCUT2D eigenvalue weighted by molar-refractivity contribution is -0.116. The minimum Gasteiger partial charge on any atom is -0.489 e. The van der Waals surface area contributed by atoms with Crippen molar-refractivity contribution in [1.29, 1.82) is 0 Å². The molecule has 0 spiro atoms. The van der Waals surface area contributed by atoms with Crippen molar-refractivity contribution in [2.24, 2.45) is 13.0 Å². The second-order valence-electron chi connectivity index (χ2n) is 12.7. The molecule has 0 unspecified atom stereocenters. The second-order valence-corrected chi connectivity index (χ2v) is 13.7. The normalized spacial score (nSPS) is 16.0. The zero-order valence-corrected chi connectivity index (χ0v) is 27.3. The number of nitrogens with one attached hydrogen (secondary N) is 1. The number of hydrogen-bond donors (Lipinski definition) is 2. The fraction of sp³-hybridized carbons (Fsp3) is 0.444. The van der Waals surface area contributed by atoms with Gasteiger partial charge in [-0.15, -0.1) is 11.3 Å². The lowest BCUT2D eigenvalue weighted by Gasteiger charge is -2.31. The van der Waals surface area contributed by atoms with Crippen LogP contribution < -0.4 is 15.0 Å². The molecule has 2 aliphatic rings. The van der Waals surface area contributed by atoms with E-state index in [1.165, 1.54) is 41.9 Å². The number of hydrogen-bond acceptors (Lipinski definition) is 6. The number of rotatable bonds is 10. The van der Waals surface area contributed by atoms with Gasteiger partial charge in [0.05, 0.1) is 29.1 Å². The third-order valence-corrected chi connectivity index (χ3v) is 10.1. The Bertz CT molecular complexity index is 1660. The number of carbonyl (C=O) groups is 2. The lowest BCUT2D eigenvalue weighted by Crippen LogP contribution is -2.36. The van der Waals surface area contributed by atoms with Gasteiger partial charge in [0.1, 0.15) is 17.2 Å². The number of ether oxygens (including phenoxy) is 2. The highest BCUT2D eigenvalue weighted by Crippen LogP contribution is 2.46. The largest absolute Gasteiger partial charge is 0.489 e. The number of anilines is 2. The molecule has 0 atom stereocenters. The predicted octanol–water partition coefficient (Wildman–Crippen LogP) is 8.05. The molecular weight excluding hydrogens is 586 g/mol. The first-order valence-electron chi connectivity index (χ1n) is 16.1. The van der Waals surface area contributed by atoms with E-state index in [0.717, 1.165) is 64.4 Å². The Hall–Kier alpha value is -3.82. The summed E-state index contributed by atoms with van der Waals surface area (Å²) >= 11 is 1.40. The van der Waals surface area contributed by atoms with Crippen molar-refractivity contribution in [3.63, 3.8) is 0 Å². The Morgan fingerprint density at radius 1 is 1.04 bits per heavy atom. The van der Waals surface area contributed by atoms with Crippen molar-refractivity contribution in [3.8, 4) is 17.0 Å². The predicted molar refractivity (Wildman–Crippen MR) is 181 cm³/mol. The molecule has 2 aromatic carbocycles. The molecule has 1 saturated heterocycles. The van der Waals surface area contributed by atoms with Crippen molar-refractivity contribution >= 4 is 44.8 Å². The third-order valence-electron chi connectivity index (χ3n) is 8.96. The zero-order valence-electron chi connectivity index (χ0n) is 26.4. The molecule has 0 radical (unpaired) electrons. The van der Waals surface area contributed by atoms with Crippen LogP contribution in [0.3, 0.4) is 0 Å². The fourth-order valence-corrected chi connectivity index (χ4v) is 7.95. The Kier molecular flexibility index (Phi) is 9.47. The molecular formula is C36H43N3O5S. The number of morpholine rings is 1. The van der Waals surface area contributed by atoms with Crippen molar-refractivity contribution in [2.45, 2.75) is 64.9 Å². The number of benzene rings is 2. The molecule has 0 bridgehead atoms. The number of fused-ring (bicyclic) bond motifs is 1. The van der Waals surface area contributed by atoms with Gasteiger partial charge in [-0.3, -0.25) is 4.79 Å². The van der Waals surface area contributed by atoms with E-state index in [1.807, 2.05) is 51.2 Å². The first-order chi connectivity index (χ1) is 21.8. The highest BCUT2D eigenvalue weighted by Gasteiger charge is 2.28. The van der Waals surface area contributed by atoms with E-state index < -0.39 is 5.97 Å². The second kappa shape index (κ2) is 13.7. The number of aromatic nitrogens is 1. The van der Waals surface area contributed by atoms with Gasteiger partial charge in [0.25, 0.3) is 0 Å². The number of thiophene rings is 1. The highest BCUT2D eigenvalue weighted by molar-refractivity contribution is 7.21. The number of amides is 1. The van der Waals surface area contributed by atoms with Crippen LogP contribution in [0.2, 0.25) is 0 Å².